The third-order valence-corrected chi connectivity index (χ3v) is 2.16. The number of aromatic nitrogens is 3. The van der Waals surface area contributed by atoms with E-state index in [4.69, 9.17) is 10.2 Å². The number of nitrogens with one attached hydrogen (secondary N) is 1. The fourth-order valence-electron chi connectivity index (χ4n) is 1.44. The molecule has 0 saturated heterocycles. The summed E-state index contributed by atoms with van der Waals surface area (Å²) >= 11 is 0. The van der Waals surface area contributed by atoms with E-state index in [0.717, 1.165) is 16.7 Å². The number of hydrogen-bond donors (Lipinski definition) is 2. The number of nitrogens with two attached hydrogens (primary N) is 1. The van der Waals surface area contributed by atoms with Crippen molar-refractivity contribution in [2.24, 2.45) is 0 Å². The predicted octanol–water partition coefficient (Wildman–Crippen LogP) is 1.80. The lowest BCUT2D eigenvalue weighted by atomic mass is 10.3. The Kier molecular flexibility index (Phi) is 1.53. The van der Waals surface area contributed by atoms with Crippen molar-refractivity contribution < 1.29 is 4.42 Å². The number of nitrogens with zero attached hydrogens (tertiary/aromatic N) is 2. The number of H-pyrrole nitrogens is 1. The van der Waals surface area contributed by atoms with E-state index in [9.17, 15) is 0 Å². The van der Waals surface area contributed by atoms with Gasteiger partial charge >= 0.3 is 0 Å². The molecule has 0 amide bonds. The number of aromatic amines is 1. The van der Waals surface area contributed by atoms with E-state index in [1.165, 1.54) is 0 Å². The fourth-order valence-corrected chi connectivity index (χ4v) is 1.44. The zero-order valence-electron chi connectivity index (χ0n) is 7.77. The second kappa shape index (κ2) is 2.84. The topological polar surface area (TPSA) is 80.7 Å². The first-order chi connectivity index (χ1) is 7.33. The van der Waals surface area contributed by atoms with E-state index < -0.39 is 0 Å². The van der Waals surface area contributed by atoms with Crippen LogP contribution in [0.4, 0.5) is 5.69 Å². The third-order valence-electron chi connectivity index (χ3n) is 2.16. The first-order valence-electron chi connectivity index (χ1n) is 4.48. The van der Waals surface area contributed by atoms with Crippen LogP contribution in [0.2, 0.25) is 0 Å². The molecule has 5 heteroatoms. The Balaban J connectivity index is 2.22. The summed E-state index contributed by atoms with van der Waals surface area (Å²) < 4.78 is 5.54. The Morgan fingerprint density at radius 2 is 2.27 bits per heavy atom. The molecule has 15 heavy (non-hydrogen) atoms. The van der Waals surface area contributed by atoms with Gasteiger partial charge in [-0.3, -0.25) is 5.10 Å². The number of anilines is 1. The standard InChI is InChI=1S/C10H8N4O/c11-7-1-2-9-8(3-7)14-10(15-9)6-4-12-13-5-6/h1-5H,11H2,(H,12,13). The van der Waals surface area contributed by atoms with Crippen LogP contribution in [-0.2, 0) is 0 Å². The van der Waals surface area contributed by atoms with Gasteiger partial charge in [0.15, 0.2) is 5.58 Å². The highest BCUT2D eigenvalue weighted by Crippen LogP contribution is 2.24. The molecule has 0 aliphatic rings. The van der Waals surface area contributed by atoms with E-state index in [1.54, 1.807) is 30.6 Å². The van der Waals surface area contributed by atoms with Crippen molar-refractivity contribution in [2.75, 3.05) is 5.73 Å². The lowest BCUT2D eigenvalue weighted by Gasteiger charge is -1.88. The molecule has 0 aliphatic heterocycles. The summed E-state index contributed by atoms with van der Waals surface area (Å²) in [6.07, 6.45) is 3.39. The second-order valence-electron chi connectivity index (χ2n) is 3.23. The summed E-state index contributed by atoms with van der Waals surface area (Å²) in [6.45, 7) is 0. The molecule has 0 unspecified atom stereocenters. The molecule has 5 nitrogen and oxygen atoms in total. The number of hydrogen-bond acceptors (Lipinski definition) is 4. The average Bonchev–Trinajstić information content (AvgIpc) is 2.84. The molecule has 0 radical (unpaired) electrons. The van der Waals surface area contributed by atoms with E-state index >= 15 is 0 Å². The molecule has 0 bridgehead atoms. The van der Waals surface area contributed by atoms with Crippen molar-refractivity contribution in [3.63, 3.8) is 0 Å². The Labute approximate surface area is 84.9 Å². The van der Waals surface area contributed by atoms with E-state index in [2.05, 4.69) is 15.2 Å². The molecule has 0 atom stereocenters. The van der Waals surface area contributed by atoms with E-state index in [1.807, 2.05) is 0 Å². The monoisotopic (exact) mass is 200 g/mol. The quantitative estimate of drug-likeness (QED) is 0.587. The van der Waals surface area contributed by atoms with Crippen LogP contribution in [0.1, 0.15) is 0 Å². The van der Waals surface area contributed by atoms with Crippen molar-refractivity contribution in [2.45, 2.75) is 0 Å². The molecule has 0 fully saturated rings. The van der Waals surface area contributed by atoms with Crippen molar-refractivity contribution in [3.05, 3.63) is 30.6 Å². The predicted molar refractivity (Wildman–Crippen MR) is 56.0 cm³/mol. The van der Waals surface area contributed by atoms with Crippen LogP contribution >= 0.6 is 0 Å². The second-order valence-corrected chi connectivity index (χ2v) is 3.23. The average molecular weight is 200 g/mol. The van der Waals surface area contributed by atoms with Crippen LogP contribution in [0.15, 0.2) is 35.0 Å². The van der Waals surface area contributed by atoms with E-state index in [0.29, 0.717) is 11.6 Å². The van der Waals surface area contributed by atoms with Crippen LogP contribution in [0, 0.1) is 0 Å². The van der Waals surface area contributed by atoms with Crippen molar-refractivity contribution in [1.82, 2.24) is 15.2 Å². The molecule has 74 valence electrons. The van der Waals surface area contributed by atoms with E-state index in [-0.39, 0.29) is 0 Å². The van der Waals surface area contributed by atoms with Crippen molar-refractivity contribution in [1.29, 1.82) is 0 Å². The van der Waals surface area contributed by atoms with Gasteiger partial charge in [0.25, 0.3) is 0 Å². The molecule has 2 aromatic heterocycles. The van der Waals surface area contributed by atoms with Gasteiger partial charge in [-0.1, -0.05) is 0 Å². The minimum atomic E-state index is 0.546. The minimum Gasteiger partial charge on any atom is -0.436 e. The van der Waals surface area contributed by atoms with Crippen LogP contribution in [-0.4, -0.2) is 15.2 Å². The Morgan fingerprint density at radius 1 is 1.33 bits per heavy atom. The third kappa shape index (κ3) is 1.25. The maximum atomic E-state index is 5.65. The fraction of sp³-hybridized carbons (Fsp3) is 0. The SMILES string of the molecule is Nc1ccc2oc(-c3cn[nH]c3)nc2c1. The summed E-state index contributed by atoms with van der Waals surface area (Å²) in [5.74, 6) is 0.546. The molecule has 0 spiro atoms. The molecule has 0 aliphatic carbocycles. The molecule has 3 rings (SSSR count). The number of rotatable bonds is 1. The molecular formula is C10H8N4O. The van der Waals surface area contributed by atoms with Gasteiger partial charge in [-0.25, -0.2) is 4.98 Å². The smallest absolute Gasteiger partial charge is 0.230 e. The Morgan fingerprint density at radius 3 is 3.07 bits per heavy atom. The zero-order chi connectivity index (χ0) is 10.3. The van der Waals surface area contributed by atoms with Crippen LogP contribution < -0.4 is 5.73 Å². The largest absolute Gasteiger partial charge is 0.436 e. The van der Waals surface area contributed by atoms with Crippen LogP contribution in [0.5, 0.6) is 0 Å². The highest BCUT2D eigenvalue weighted by molar-refractivity contribution is 5.79. The molecule has 3 N–H and O–H groups in total. The highest BCUT2D eigenvalue weighted by Gasteiger charge is 2.08. The maximum absolute atomic E-state index is 5.65. The van der Waals surface area contributed by atoms with Crippen molar-refractivity contribution in [3.8, 4) is 11.5 Å². The van der Waals surface area contributed by atoms with Gasteiger partial charge < -0.3 is 10.2 Å². The Bertz CT molecular complexity index is 597. The Hall–Kier alpha value is -2.30. The molecular weight excluding hydrogens is 192 g/mol. The van der Waals surface area contributed by atoms with Gasteiger partial charge in [-0.2, -0.15) is 5.10 Å². The summed E-state index contributed by atoms with van der Waals surface area (Å²) in [5.41, 5.74) is 8.63. The number of fused-ring (bicyclic) bond motifs is 1. The lowest BCUT2D eigenvalue weighted by molar-refractivity contribution is 0.620. The highest BCUT2D eigenvalue weighted by atomic mass is 16.3. The van der Waals surface area contributed by atoms with Crippen molar-refractivity contribution >= 4 is 16.8 Å². The first kappa shape index (κ1) is 8.05. The van der Waals surface area contributed by atoms with Gasteiger partial charge in [0.2, 0.25) is 5.89 Å². The number of oxazole rings is 1. The molecule has 1 aromatic carbocycles. The maximum Gasteiger partial charge on any atom is 0.230 e. The summed E-state index contributed by atoms with van der Waals surface area (Å²) in [7, 11) is 0. The van der Waals surface area contributed by atoms with Crippen LogP contribution in [0.25, 0.3) is 22.6 Å². The first-order valence-corrected chi connectivity index (χ1v) is 4.48. The summed E-state index contributed by atoms with van der Waals surface area (Å²) in [6, 6.07) is 5.37. The van der Waals surface area contributed by atoms with Gasteiger partial charge in [-0.05, 0) is 18.2 Å². The summed E-state index contributed by atoms with van der Waals surface area (Å²) in [4.78, 5) is 4.31. The van der Waals surface area contributed by atoms with Gasteiger partial charge in [0.1, 0.15) is 5.52 Å². The molecule has 3 aromatic rings. The zero-order valence-corrected chi connectivity index (χ0v) is 7.77. The van der Waals surface area contributed by atoms with Gasteiger partial charge in [0.05, 0.1) is 11.8 Å². The number of benzene rings is 1. The number of nitrogen functional groups attached to an aromatic ring is 1. The molecule has 2 heterocycles. The normalized spacial score (nSPS) is 10.9. The van der Waals surface area contributed by atoms with Gasteiger partial charge in [0, 0.05) is 11.9 Å². The van der Waals surface area contributed by atoms with Gasteiger partial charge in [-0.15, -0.1) is 0 Å². The summed E-state index contributed by atoms with van der Waals surface area (Å²) in [5, 5.41) is 6.55. The molecule has 0 saturated carbocycles. The van der Waals surface area contributed by atoms with Crippen LogP contribution in [0.3, 0.4) is 0 Å². The minimum absolute atomic E-state index is 0.546. The lowest BCUT2D eigenvalue weighted by Crippen LogP contribution is -1.82.